The van der Waals surface area contributed by atoms with Gasteiger partial charge in [-0.1, -0.05) is 72.3 Å². The molecule has 1 aromatic heterocycles. The van der Waals surface area contributed by atoms with Crippen molar-refractivity contribution in [3.05, 3.63) is 120 Å². The van der Waals surface area contributed by atoms with Crippen LogP contribution in [0.15, 0.2) is 97.2 Å². The van der Waals surface area contributed by atoms with Crippen molar-refractivity contribution in [1.82, 2.24) is 14.8 Å². The number of carbonyl (C=O) groups excluding carboxylic acids is 2. The molecule has 6 heteroatoms. The molecule has 3 amide bonds. The number of rotatable bonds is 6. The highest BCUT2D eigenvalue weighted by molar-refractivity contribution is 6.00. The van der Waals surface area contributed by atoms with Gasteiger partial charge in [0.1, 0.15) is 12.6 Å². The minimum absolute atomic E-state index is 0.0304. The number of para-hydroxylation sites is 2. The van der Waals surface area contributed by atoms with E-state index < -0.39 is 0 Å². The summed E-state index contributed by atoms with van der Waals surface area (Å²) in [6.07, 6.45) is 3.89. The van der Waals surface area contributed by atoms with Crippen LogP contribution in [0.4, 0.5) is 10.5 Å². The van der Waals surface area contributed by atoms with E-state index in [9.17, 15) is 9.59 Å². The largest absolute Gasteiger partial charge is 0.334 e. The van der Waals surface area contributed by atoms with Gasteiger partial charge in [-0.3, -0.25) is 9.69 Å². The molecule has 3 aromatic carbocycles. The zero-order valence-electron chi connectivity index (χ0n) is 20.9. The van der Waals surface area contributed by atoms with Crippen molar-refractivity contribution in [3.8, 4) is 5.69 Å². The molecule has 1 aliphatic heterocycles. The number of aromatic nitrogens is 1. The Bertz CT molecular complexity index is 1440. The van der Waals surface area contributed by atoms with Crippen LogP contribution in [-0.4, -0.2) is 34.0 Å². The van der Waals surface area contributed by atoms with Gasteiger partial charge in [0.05, 0.1) is 17.1 Å². The molecule has 1 atom stereocenters. The zero-order valence-corrected chi connectivity index (χ0v) is 20.9. The predicted molar refractivity (Wildman–Crippen MR) is 145 cm³/mol. The lowest BCUT2D eigenvalue weighted by molar-refractivity contribution is -0.119. The molecule has 6 rings (SSSR count). The van der Waals surface area contributed by atoms with Gasteiger partial charge < -0.3 is 14.8 Å². The first-order valence-electron chi connectivity index (χ1n) is 12.8. The standard InChI is InChI=1S/C31H30N4O2/c1-22-9-7-12-24(19-22)30-28-15-8-18-33(28)26-13-5-6-14-27(26)35(30)29(36)21-34(25-16-17-25)31(37)32-20-23-10-3-2-4-11-23/h2-15,18-19,25,30H,16-17,20-21H2,1H3,(H,32,37). The third-order valence-corrected chi connectivity index (χ3v) is 7.19. The third-order valence-electron chi connectivity index (χ3n) is 7.19. The summed E-state index contributed by atoms with van der Waals surface area (Å²) in [6.45, 7) is 2.53. The van der Waals surface area contributed by atoms with Crippen molar-refractivity contribution in [2.45, 2.75) is 38.4 Å². The molecule has 1 saturated carbocycles. The van der Waals surface area contributed by atoms with Gasteiger partial charge in [-0.2, -0.15) is 0 Å². The number of amides is 3. The summed E-state index contributed by atoms with van der Waals surface area (Å²) in [7, 11) is 0. The van der Waals surface area contributed by atoms with Gasteiger partial charge in [0.25, 0.3) is 0 Å². The molecule has 0 bridgehead atoms. The van der Waals surface area contributed by atoms with Crippen LogP contribution in [0.5, 0.6) is 0 Å². The van der Waals surface area contributed by atoms with Gasteiger partial charge in [-0.25, -0.2) is 4.79 Å². The lowest BCUT2D eigenvalue weighted by Gasteiger charge is -2.39. The van der Waals surface area contributed by atoms with Gasteiger partial charge in [0, 0.05) is 18.8 Å². The number of urea groups is 1. The molecule has 1 fully saturated rings. The Morgan fingerprint density at radius 1 is 0.892 bits per heavy atom. The number of aryl methyl sites for hydroxylation is 1. The number of benzene rings is 3. The first kappa shape index (κ1) is 23.1. The highest BCUT2D eigenvalue weighted by atomic mass is 16.2. The van der Waals surface area contributed by atoms with Gasteiger partial charge in [0.15, 0.2) is 0 Å². The highest BCUT2D eigenvalue weighted by Gasteiger charge is 2.40. The maximum atomic E-state index is 14.2. The number of anilines is 1. The fraction of sp³-hybridized carbons (Fsp3) is 0.226. The zero-order chi connectivity index (χ0) is 25.4. The molecule has 1 aliphatic carbocycles. The van der Waals surface area contributed by atoms with Crippen molar-refractivity contribution in [3.63, 3.8) is 0 Å². The summed E-state index contributed by atoms with van der Waals surface area (Å²) in [5.41, 5.74) is 6.07. The van der Waals surface area contributed by atoms with Crippen LogP contribution in [0.2, 0.25) is 0 Å². The molecule has 1 N–H and O–H groups in total. The topological polar surface area (TPSA) is 57.6 Å². The molecule has 4 aromatic rings. The third kappa shape index (κ3) is 4.51. The number of hydrogen-bond acceptors (Lipinski definition) is 2. The molecule has 2 heterocycles. The Morgan fingerprint density at radius 2 is 1.65 bits per heavy atom. The predicted octanol–water partition coefficient (Wildman–Crippen LogP) is 5.60. The second kappa shape index (κ2) is 9.62. The molecule has 0 saturated heterocycles. The lowest BCUT2D eigenvalue weighted by Crippen LogP contribution is -2.49. The van der Waals surface area contributed by atoms with Crippen LogP contribution in [0.3, 0.4) is 0 Å². The van der Waals surface area contributed by atoms with Gasteiger partial charge in [-0.05, 0) is 55.2 Å². The van der Waals surface area contributed by atoms with E-state index in [1.807, 2.05) is 77.8 Å². The summed E-state index contributed by atoms with van der Waals surface area (Å²) >= 11 is 0. The van der Waals surface area contributed by atoms with E-state index in [4.69, 9.17) is 0 Å². The number of carbonyl (C=O) groups is 2. The van der Waals surface area contributed by atoms with E-state index in [1.54, 1.807) is 4.90 Å². The van der Waals surface area contributed by atoms with Crippen molar-refractivity contribution >= 4 is 17.6 Å². The normalized spacial score (nSPS) is 16.0. The average molecular weight is 491 g/mol. The van der Waals surface area contributed by atoms with Crippen molar-refractivity contribution in [2.75, 3.05) is 11.4 Å². The Balaban J connectivity index is 1.33. The van der Waals surface area contributed by atoms with Gasteiger partial charge in [0.2, 0.25) is 5.91 Å². The van der Waals surface area contributed by atoms with E-state index >= 15 is 0 Å². The van der Waals surface area contributed by atoms with Gasteiger partial charge in [-0.15, -0.1) is 0 Å². The highest BCUT2D eigenvalue weighted by Crippen LogP contribution is 2.42. The van der Waals surface area contributed by atoms with Crippen molar-refractivity contribution in [2.24, 2.45) is 0 Å². The summed E-state index contributed by atoms with van der Waals surface area (Å²) in [4.78, 5) is 31.0. The number of nitrogens with one attached hydrogen (secondary N) is 1. The second-order valence-corrected chi connectivity index (χ2v) is 9.88. The van der Waals surface area contributed by atoms with E-state index in [1.165, 1.54) is 0 Å². The molecule has 1 unspecified atom stereocenters. The molecule has 186 valence electrons. The summed E-state index contributed by atoms with van der Waals surface area (Å²) < 4.78 is 2.16. The van der Waals surface area contributed by atoms with Crippen LogP contribution in [0, 0.1) is 6.92 Å². The molecule has 2 aliphatic rings. The summed E-state index contributed by atoms with van der Waals surface area (Å²) in [5, 5.41) is 3.02. The second-order valence-electron chi connectivity index (χ2n) is 9.88. The fourth-order valence-electron chi connectivity index (χ4n) is 5.27. The quantitative estimate of drug-likeness (QED) is 0.383. The number of nitrogens with zero attached hydrogens (tertiary/aromatic N) is 3. The first-order valence-corrected chi connectivity index (χ1v) is 12.8. The Kier molecular flexibility index (Phi) is 6.01. The van der Waals surface area contributed by atoms with Gasteiger partial charge >= 0.3 is 6.03 Å². The van der Waals surface area contributed by atoms with Crippen molar-refractivity contribution in [1.29, 1.82) is 0 Å². The molecular weight excluding hydrogens is 460 g/mol. The smallest absolute Gasteiger partial charge is 0.318 e. The van der Waals surface area contributed by atoms with E-state index in [0.717, 1.165) is 46.6 Å². The maximum Gasteiger partial charge on any atom is 0.318 e. The van der Waals surface area contributed by atoms with Crippen LogP contribution in [-0.2, 0) is 11.3 Å². The van der Waals surface area contributed by atoms with E-state index in [-0.39, 0.29) is 30.6 Å². The molecule has 6 nitrogen and oxygen atoms in total. The molecule has 0 spiro atoms. The molecular formula is C31H30N4O2. The van der Waals surface area contributed by atoms with Crippen LogP contribution < -0.4 is 10.2 Å². The molecule has 0 radical (unpaired) electrons. The Morgan fingerprint density at radius 3 is 2.41 bits per heavy atom. The minimum Gasteiger partial charge on any atom is -0.334 e. The number of hydrogen-bond donors (Lipinski definition) is 1. The summed E-state index contributed by atoms with van der Waals surface area (Å²) in [5.74, 6) is -0.0897. The van der Waals surface area contributed by atoms with Crippen LogP contribution in [0.25, 0.3) is 5.69 Å². The minimum atomic E-state index is -0.286. The molecule has 37 heavy (non-hydrogen) atoms. The fourth-order valence-corrected chi connectivity index (χ4v) is 5.27. The number of fused-ring (bicyclic) bond motifs is 3. The monoisotopic (exact) mass is 490 g/mol. The van der Waals surface area contributed by atoms with Crippen LogP contribution in [0.1, 0.15) is 41.3 Å². The SMILES string of the molecule is Cc1cccc(C2c3cccn3-c3ccccc3N2C(=O)CN(C(=O)NCc2ccccc2)C2CC2)c1. The lowest BCUT2D eigenvalue weighted by atomic mass is 9.96. The summed E-state index contributed by atoms with van der Waals surface area (Å²) in [6, 6.07) is 29.9. The Labute approximate surface area is 217 Å². The Hall–Kier alpha value is -4.32. The first-order chi connectivity index (χ1) is 18.1. The van der Waals surface area contributed by atoms with Crippen LogP contribution >= 0.6 is 0 Å². The average Bonchev–Trinajstić information content (AvgIpc) is 3.65. The van der Waals surface area contributed by atoms with E-state index in [0.29, 0.717) is 6.54 Å². The maximum absolute atomic E-state index is 14.2. The van der Waals surface area contributed by atoms with E-state index in [2.05, 4.69) is 41.1 Å². The van der Waals surface area contributed by atoms with Crippen molar-refractivity contribution < 1.29 is 9.59 Å².